The third-order valence-corrected chi connectivity index (χ3v) is 4.41. The van der Waals surface area contributed by atoms with Gasteiger partial charge in [-0.05, 0) is 12.8 Å². The molecule has 2 aliphatic rings. The predicted octanol–water partition coefficient (Wildman–Crippen LogP) is 0.721. The Bertz CT molecular complexity index is 585. The van der Waals surface area contributed by atoms with Crippen LogP contribution in [0.15, 0.2) is 12.4 Å². The van der Waals surface area contributed by atoms with Crippen molar-refractivity contribution in [3.8, 4) is 0 Å². The van der Waals surface area contributed by atoms with Gasteiger partial charge in [0.1, 0.15) is 0 Å². The number of carboxylic acid groups (broad SMARTS) is 1. The number of fused-ring (bicyclic) bond motifs is 1. The molecule has 1 saturated heterocycles. The van der Waals surface area contributed by atoms with Crippen LogP contribution >= 0.6 is 0 Å². The van der Waals surface area contributed by atoms with E-state index in [9.17, 15) is 19.5 Å². The molecule has 21 heavy (non-hydrogen) atoms. The molecule has 3 unspecified atom stereocenters. The van der Waals surface area contributed by atoms with Crippen LogP contribution in [0.3, 0.4) is 0 Å². The van der Waals surface area contributed by atoms with E-state index >= 15 is 0 Å². The van der Waals surface area contributed by atoms with Crippen molar-refractivity contribution in [2.24, 2.45) is 18.9 Å². The highest BCUT2D eigenvalue weighted by atomic mass is 16.4. The summed E-state index contributed by atoms with van der Waals surface area (Å²) in [6.45, 7) is 0. The molecule has 0 bridgehead atoms. The van der Waals surface area contributed by atoms with Crippen LogP contribution < -0.4 is 0 Å². The summed E-state index contributed by atoms with van der Waals surface area (Å²) in [6, 6.07) is -1.27. The first kappa shape index (κ1) is 13.8. The number of aromatic nitrogens is 2. The number of hydrogen-bond acceptors (Lipinski definition) is 4. The molecule has 0 radical (unpaired) electrons. The second-order valence-corrected chi connectivity index (χ2v) is 5.73. The fraction of sp³-hybridized carbons (Fsp3) is 0.571. The van der Waals surface area contributed by atoms with Gasteiger partial charge >= 0.3 is 5.97 Å². The SMILES string of the molecule is Cn1cc(C(C(=O)O)N2C(=O)C3CCCCC3C2=O)cn1. The molecule has 0 spiro atoms. The van der Waals surface area contributed by atoms with Crippen LogP contribution in [0.25, 0.3) is 0 Å². The van der Waals surface area contributed by atoms with Crippen molar-refractivity contribution in [2.75, 3.05) is 0 Å². The van der Waals surface area contributed by atoms with Crippen LogP contribution in [0, 0.1) is 11.8 Å². The highest BCUT2D eigenvalue weighted by Crippen LogP contribution is 2.41. The largest absolute Gasteiger partial charge is 0.479 e. The number of nitrogens with zero attached hydrogens (tertiary/aromatic N) is 3. The Balaban J connectivity index is 1.98. The maximum absolute atomic E-state index is 12.5. The number of likely N-dealkylation sites (tertiary alicyclic amines) is 1. The third kappa shape index (κ3) is 2.12. The van der Waals surface area contributed by atoms with Crippen LogP contribution in [0.1, 0.15) is 37.3 Å². The van der Waals surface area contributed by atoms with Gasteiger partial charge in [0.05, 0.1) is 18.0 Å². The first-order valence-electron chi connectivity index (χ1n) is 7.09. The summed E-state index contributed by atoms with van der Waals surface area (Å²) in [6.07, 6.45) is 6.09. The molecule has 3 rings (SSSR count). The van der Waals surface area contributed by atoms with Gasteiger partial charge in [0.2, 0.25) is 11.8 Å². The summed E-state index contributed by atoms with van der Waals surface area (Å²) in [7, 11) is 1.66. The van der Waals surface area contributed by atoms with Gasteiger partial charge in [-0.3, -0.25) is 19.2 Å². The number of aryl methyl sites for hydroxylation is 1. The summed E-state index contributed by atoms with van der Waals surface area (Å²) in [5.74, 6) is -2.58. The smallest absolute Gasteiger partial charge is 0.331 e. The number of carboxylic acids is 1. The van der Waals surface area contributed by atoms with Crippen LogP contribution in [-0.2, 0) is 21.4 Å². The standard InChI is InChI=1S/C14H17N3O4/c1-16-7-8(6-15-16)11(14(20)21)17-12(18)9-4-2-3-5-10(9)13(17)19/h6-7,9-11H,2-5H2,1H3,(H,20,21). The van der Waals surface area contributed by atoms with Crippen molar-refractivity contribution in [1.82, 2.24) is 14.7 Å². The molecule has 1 aromatic rings. The lowest BCUT2D eigenvalue weighted by molar-refractivity contribution is -0.155. The molecule has 1 saturated carbocycles. The lowest BCUT2D eigenvalue weighted by atomic mass is 9.81. The molecule has 1 aromatic heterocycles. The lowest BCUT2D eigenvalue weighted by Crippen LogP contribution is -2.39. The van der Waals surface area contributed by atoms with E-state index in [4.69, 9.17) is 0 Å². The third-order valence-electron chi connectivity index (χ3n) is 4.41. The average molecular weight is 291 g/mol. The van der Waals surface area contributed by atoms with Crippen molar-refractivity contribution in [3.05, 3.63) is 18.0 Å². The van der Waals surface area contributed by atoms with Crippen molar-refractivity contribution in [3.63, 3.8) is 0 Å². The minimum absolute atomic E-state index is 0.343. The Kier molecular flexibility index (Phi) is 3.27. The van der Waals surface area contributed by atoms with E-state index in [0.717, 1.165) is 17.7 Å². The maximum Gasteiger partial charge on any atom is 0.331 e. The lowest BCUT2D eigenvalue weighted by Gasteiger charge is -2.22. The molecule has 0 aromatic carbocycles. The molecule has 1 N–H and O–H groups in total. The van der Waals surface area contributed by atoms with Crippen molar-refractivity contribution in [2.45, 2.75) is 31.7 Å². The number of hydrogen-bond donors (Lipinski definition) is 1. The number of rotatable bonds is 3. The summed E-state index contributed by atoms with van der Waals surface area (Å²) in [5.41, 5.74) is 0.352. The molecule has 3 atom stereocenters. The predicted molar refractivity (Wildman–Crippen MR) is 70.9 cm³/mol. The van der Waals surface area contributed by atoms with Crippen LogP contribution in [0.5, 0.6) is 0 Å². The monoisotopic (exact) mass is 291 g/mol. The second kappa shape index (κ2) is 4.98. The summed E-state index contributed by atoms with van der Waals surface area (Å²) >= 11 is 0. The van der Waals surface area contributed by atoms with Crippen molar-refractivity contribution < 1.29 is 19.5 Å². The zero-order valence-electron chi connectivity index (χ0n) is 11.7. The van der Waals surface area contributed by atoms with Gasteiger partial charge < -0.3 is 5.11 Å². The second-order valence-electron chi connectivity index (χ2n) is 5.73. The first-order valence-corrected chi connectivity index (χ1v) is 7.09. The number of aliphatic carboxylic acids is 1. The number of amides is 2. The maximum atomic E-state index is 12.5. The van der Waals surface area contributed by atoms with E-state index in [-0.39, 0.29) is 23.7 Å². The van der Waals surface area contributed by atoms with Crippen LogP contribution in [0.2, 0.25) is 0 Å². The summed E-state index contributed by atoms with van der Waals surface area (Å²) in [4.78, 5) is 37.5. The van der Waals surface area contributed by atoms with Gasteiger partial charge in [-0.15, -0.1) is 0 Å². The number of carbonyl (C=O) groups excluding carboxylic acids is 2. The fourth-order valence-electron chi connectivity index (χ4n) is 3.43. The molecular formula is C14H17N3O4. The molecule has 2 fully saturated rings. The van der Waals surface area contributed by atoms with E-state index in [1.807, 2.05) is 0 Å². The van der Waals surface area contributed by atoms with E-state index in [1.165, 1.54) is 17.1 Å². The van der Waals surface area contributed by atoms with E-state index < -0.39 is 12.0 Å². The molecule has 112 valence electrons. The van der Waals surface area contributed by atoms with Gasteiger partial charge in [0.15, 0.2) is 6.04 Å². The van der Waals surface area contributed by atoms with Gasteiger partial charge in [-0.2, -0.15) is 5.10 Å². The highest BCUT2D eigenvalue weighted by molar-refractivity contribution is 6.07. The average Bonchev–Trinajstić information content (AvgIpc) is 2.97. The summed E-state index contributed by atoms with van der Waals surface area (Å²) in [5, 5.41) is 13.4. The van der Waals surface area contributed by atoms with Gasteiger partial charge in [0, 0.05) is 18.8 Å². The van der Waals surface area contributed by atoms with E-state index in [0.29, 0.717) is 18.4 Å². The van der Waals surface area contributed by atoms with Crippen molar-refractivity contribution >= 4 is 17.8 Å². The van der Waals surface area contributed by atoms with E-state index in [2.05, 4.69) is 5.10 Å². The Hall–Kier alpha value is -2.18. The molecule has 1 aliphatic heterocycles. The topological polar surface area (TPSA) is 92.5 Å². The van der Waals surface area contributed by atoms with Gasteiger partial charge in [-0.25, -0.2) is 4.79 Å². The Morgan fingerprint density at radius 1 is 1.29 bits per heavy atom. The minimum Gasteiger partial charge on any atom is -0.479 e. The quantitative estimate of drug-likeness (QED) is 0.828. The molecule has 1 aliphatic carbocycles. The van der Waals surface area contributed by atoms with Crippen LogP contribution in [0.4, 0.5) is 0 Å². The molecule has 2 heterocycles. The summed E-state index contributed by atoms with van der Waals surface area (Å²) < 4.78 is 1.46. The Morgan fingerprint density at radius 2 is 1.86 bits per heavy atom. The normalized spacial score (nSPS) is 26.8. The zero-order chi connectivity index (χ0) is 15.1. The fourth-order valence-corrected chi connectivity index (χ4v) is 3.43. The number of imide groups is 1. The van der Waals surface area contributed by atoms with Crippen molar-refractivity contribution in [1.29, 1.82) is 0 Å². The molecule has 2 amide bonds. The molecule has 7 heteroatoms. The van der Waals surface area contributed by atoms with Crippen LogP contribution in [-0.4, -0.2) is 37.6 Å². The van der Waals surface area contributed by atoms with E-state index in [1.54, 1.807) is 7.05 Å². The molecule has 7 nitrogen and oxygen atoms in total. The van der Waals surface area contributed by atoms with Gasteiger partial charge in [0.25, 0.3) is 0 Å². The van der Waals surface area contributed by atoms with Gasteiger partial charge in [-0.1, -0.05) is 12.8 Å². The molecular weight excluding hydrogens is 274 g/mol. The first-order chi connectivity index (χ1) is 10.0. The Morgan fingerprint density at radius 3 is 2.29 bits per heavy atom. The number of carbonyl (C=O) groups is 3. The Labute approximate surface area is 121 Å². The highest BCUT2D eigenvalue weighted by Gasteiger charge is 2.52. The minimum atomic E-state index is -1.27. The zero-order valence-corrected chi connectivity index (χ0v) is 11.7.